The number of sulfone groups is 1. The Balaban J connectivity index is 2.01. The number of ether oxygens (including phenoxy) is 1. The highest BCUT2D eigenvalue weighted by atomic mass is 35.5. The molecular formula is C24H26ClNO5S2. The number of hydrogen-bond donors (Lipinski definition) is 2. The summed E-state index contributed by atoms with van der Waals surface area (Å²) in [5.41, 5.74) is 1.24. The van der Waals surface area contributed by atoms with Gasteiger partial charge in [0.15, 0.2) is 15.6 Å². The first-order chi connectivity index (χ1) is 15.3. The zero-order valence-corrected chi connectivity index (χ0v) is 21.3. The molecule has 0 aliphatic carbocycles. The van der Waals surface area contributed by atoms with Gasteiger partial charge in [0.25, 0.3) is 0 Å². The van der Waals surface area contributed by atoms with Crippen LogP contribution in [0.2, 0.25) is 5.02 Å². The Bertz CT molecular complexity index is 1380. The highest BCUT2D eigenvalue weighted by molar-refractivity contribution is 7.91. The number of rotatable bonds is 6. The highest BCUT2D eigenvalue weighted by Crippen LogP contribution is 2.50. The molecule has 0 amide bonds. The standard InChI is InChI=1S/C24H26ClNO5S2/c1-13(23(27)28)15-10-11-26-17-6-5-7-19(33(4,29)30)20(17)22(21(15)26)31-24(2,3)16-12-14(25)8-9-18(16)32/h5-9,12-13,15,32H,10-11H2,1-4H3,(H,27,28). The van der Waals surface area contributed by atoms with E-state index in [0.717, 1.165) is 11.1 Å². The van der Waals surface area contributed by atoms with Crippen molar-refractivity contribution < 1.29 is 23.1 Å². The number of carbonyl (C=O) groups is 1. The van der Waals surface area contributed by atoms with Gasteiger partial charge in [-0.1, -0.05) is 24.6 Å². The predicted molar refractivity (Wildman–Crippen MR) is 132 cm³/mol. The Morgan fingerprint density at radius 1 is 1.30 bits per heavy atom. The Morgan fingerprint density at radius 3 is 2.64 bits per heavy atom. The fourth-order valence-electron chi connectivity index (χ4n) is 4.74. The summed E-state index contributed by atoms with van der Waals surface area (Å²) >= 11 is 10.8. The van der Waals surface area contributed by atoms with Crippen molar-refractivity contribution in [1.29, 1.82) is 0 Å². The minimum absolute atomic E-state index is 0.159. The van der Waals surface area contributed by atoms with Crippen molar-refractivity contribution in [3.05, 3.63) is 52.7 Å². The van der Waals surface area contributed by atoms with Crippen LogP contribution < -0.4 is 4.74 Å². The van der Waals surface area contributed by atoms with Gasteiger partial charge in [0.1, 0.15) is 5.60 Å². The highest BCUT2D eigenvalue weighted by Gasteiger charge is 2.40. The number of aromatic nitrogens is 1. The number of carboxylic acid groups (broad SMARTS) is 1. The van der Waals surface area contributed by atoms with Crippen LogP contribution in [0.15, 0.2) is 46.2 Å². The molecule has 2 aromatic carbocycles. The molecule has 1 aromatic heterocycles. The summed E-state index contributed by atoms with van der Waals surface area (Å²) in [6.07, 6.45) is 1.80. The minimum atomic E-state index is -3.57. The zero-order chi connectivity index (χ0) is 24.3. The Labute approximate surface area is 203 Å². The van der Waals surface area contributed by atoms with Gasteiger partial charge in [0.2, 0.25) is 0 Å². The average molecular weight is 508 g/mol. The Morgan fingerprint density at radius 2 is 2.00 bits per heavy atom. The third-order valence-corrected chi connectivity index (χ3v) is 8.18. The van der Waals surface area contributed by atoms with E-state index in [1.807, 2.05) is 24.5 Å². The van der Waals surface area contributed by atoms with Crippen molar-refractivity contribution >= 4 is 50.9 Å². The monoisotopic (exact) mass is 507 g/mol. The van der Waals surface area contributed by atoms with Crippen LogP contribution in [0.4, 0.5) is 0 Å². The lowest BCUT2D eigenvalue weighted by Crippen LogP contribution is -2.27. The third kappa shape index (κ3) is 4.13. The van der Waals surface area contributed by atoms with Gasteiger partial charge in [-0.25, -0.2) is 8.42 Å². The summed E-state index contributed by atoms with van der Waals surface area (Å²) in [5.74, 6) is -1.48. The van der Waals surface area contributed by atoms with Crippen LogP contribution in [0.1, 0.15) is 44.4 Å². The average Bonchev–Trinajstić information content (AvgIpc) is 3.28. The SMILES string of the molecule is CC(C(=O)O)C1CCn2c1c(OC(C)(C)c1cc(Cl)ccc1S)c1c(S(C)(=O)=O)cccc12. The number of nitrogens with zero attached hydrogens (tertiary/aromatic N) is 1. The van der Waals surface area contributed by atoms with E-state index in [1.165, 1.54) is 6.26 Å². The lowest BCUT2D eigenvalue weighted by atomic mass is 9.89. The fourth-order valence-corrected chi connectivity index (χ4v) is 6.21. The number of aryl methyl sites for hydroxylation is 1. The van der Waals surface area contributed by atoms with Gasteiger partial charge in [-0.2, -0.15) is 0 Å². The van der Waals surface area contributed by atoms with E-state index in [1.54, 1.807) is 37.3 Å². The molecular weight excluding hydrogens is 482 g/mol. The molecule has 2 unspecified atom stereocenters. The normalized spacial score (nSPS) is 17.2. The van der Waals surface area contributed by atoms with E-state index in [0.29, 0.717) is 39.7 Å². The zero-order valence-electron chi connectivity index (χ0n) is 18.8. The van der Waals surface area contributed by atoms with E-state index in [9.17, 15) is 18.3 Å². The number of carboxylic acids is 1. The molecule has 9 heteroatoms. The maximum Gasteiger partial charge on any atom is 0.306 e. The van der Waals surface area contributed by atoms with Gasteiger partial charge >= 0.3 is 5.97 Å². The molecule has 176 valence electrons. The molecule has 0 fully saturated rings. The summed E-state index contributed by atoms with van der Waals surface area (Å²) in [4.78, 5) is 12.7. The molecule has 1 aliphatic heterocycles. The third-order valence-electron chi connectivity index (χ3n) is 6.42. The van der Waals surface area contributed by atoms with Gasteiger partial charge in [-0.15, -0.1) is 12.6 Å². The number of fused-ring (bicyclic) bond motifs is 3. The lowest BCUT2D eigenvalue weighted by Gasteiger charge is -2.30. The summed E-state index contributed by atoms with van der Waals surface area (Å²) < 4.78 is 34.0. The van der Waals surface area contributed by atoms with Crippen LogP contribution in [0.3, 0.4) is 0 Å². The van der Waals surface area contributed by atoms with Crippen LogP contribution in [0.25, 0.3) is 10.9 Å². The van der Waals surface area contributed by atoms with Crippen molar-refractivity contribution in [2.75, 3.05) is 6.26 Å². The van der Waals surface area contributed by atoms with Gasteiger partial charge in [-0.05, 0) is 50.6 Å². The number of aliphatic carboxylic acids is 1. The topological polar surface area (TPSA) is 85.6 Å². The minimum Gasteiger partial charge on any atom is -0.481 e. The van der Waals surface area contributed by atoms with Gasteiger partial charge in [0, 0.05) is 34.2 Å². The van der Waals surface area contributed by atoms with Crippen LogP contribution in [-0.2, 0) is 26.8 Å². The number of benzene rings is 2. The quantitative estimate of drug-likeness (QED) is 0.430. The molecule has 0 saturated heterocycles. The molecule has 2 atom stereocenters. The Hall–Kier alpha value is -2.16. The van der Waals surface area contributed by atoms with Crippen molar-refractivity contribution in [2.24, 2.45) is 5.92 Å². The first-order valence-corrected chi connectivity index (χ1v) is 13.3. The molecule has 4 rings (SSSR count). The lowest BCUT2D eigenvalue weighted by molar-refractivity contribution is -0.141. The first-order valence-electron chi connectivity index (χ1n) is 10.6. The maximum absolute atomic E-state index is 12.7. The van der Waals surface area contributed by atoms with Crippen LogP contribution >= 0.6 is 24.2 Å². The fraction of sp³-hybridized carbons (Fsp3) is 0.375. The van der Waals surface area contributed by atoms with Gasteiger partial charge in [-0.3, -0.25) is 4.79 Å². The van der Waals surface area contributed by atoms with Gasteiger partial charge < -0.3 is 14.4 Å². The molecule has 33 heavy (non-hydrogen) atoms. The Kier molecular flexibility index (Phi) is 6.00. The van der Waals surface area contributed by atoms with Crippen molar-refractivity contribution in [3.63, 3.8) is 0 Å². The van der Waals surface area contributed by atoms with E-state index in [2.05, 4.69) is 12.6 Å². The molecule has 3 aromatic rings. The van der Waals surface area contributed by atoms with Crippen molar-refractivity contribution in [1.82, 2.24) is 4.57 Å². The predicted octanol–water partition coefficient (Wildman–Crippen LogP) is 5.51. The summed E-state index contributed by atoms with van der Waals surface area (Å²) in [6, 6.07) is 10.4. The first kappa shape index (κ1) is 24.0. The molecule has 2 heterocycles. The molecule has 0 saturated carbocycles. The van der Waals surface area contributed by atoms with Crippen molar-refractivity contribution in [2.45, 2.75) is 55.0 Å². The van der Waals surface area contributed by atoms with Crippen LogP contribution in [-0.4, -0.2) is 30.3 Å². The van der Waals surface area contributed by atoms with Gasteiger partial charge in [0.05, 0.1) is 27.4 Å². The maximum atomic E-state index is 12.7. The molecule has 1 N–H and O–H groups in total. The number of thiol groups is 1. The summed E-state index contributed by atoms with van der Waals surface area (Å²) in [5, 5.41) is 10.7. The second-order valence-electron chi connectivity index (χ2n) is 9.08. The largest absolute Gasteiger partial charge is 0.481 e. The number of halogens is 1. The smallest absolute Gasteiger partial charge is 0.306 e. The summed E-state index contributed by atoms with van der Waals surface area (Å²) in [7, 11) is -3.57. The van der Waals surface area contributed by atoms with E-state index in [-0.39, 0.29) is 10.8 Å². The summed E-state index contributed by atoms with van der Waals surface area (Å²) in [6.45, 7) is 5.99. The van der Waals surface area contributed by atoms with Crippen molar-refractivity contribution in [3.8, 4) is 5.75 Å². The van der Waals surface area contributed by atoms with Crippen LogP contribution in [0, 0.1) is 5.92 Å². The van der Waals surface area contributed by atoms with Crippen LogP contribution in [0.5, 0.6) is 5.75 Å². The molecule has 0 radical (unpaired) electrons. The molecule has 1 aliphatic rings. The van der Waals surface area contributed by atoms with E-state index < -0.39 is 27.3 Å². The van der Waals surface area contributed by atoms with E-state index >= 15 is 0 Å². The second kappa shape index (κ2) is 8.25. The molecule has 0 bridgehead atoms. The molecule has 0 spiro atoms. The molecule has 6 nitrogen and oxygen atoms in total. The second-order valence-corrected chi connectivity index (χ2v) is 12.0. The number of hydrogen-bond acceptors (Lipinski definition) is 5. The van der Waals surface area contributed by atoms with E-state index in [4.69, 9.17) is 16.3 Å².